The van der Waals surface area contributed by atoms with Gasteiger partial charge in [-0.3, -0.25) is 0 Å². The zero-order chi connectivity index (χ0) is 12.4. The third-order valence-corrected chi connectivity index (χ3v) is 2.60. The van der Waals surface area contributed by atoms with Gasteiger partial charge in [0.05, 0.1) is 0 Å². The van der Waals surface area contributed by atoms with Gasteiger partial charge in [0.25, 0.3) is 0 Å². The summed E-state index contributed by atoms with van der Waals surface area (Å²) in [7, 11) is 0. The summed E-state index contributed by atoms with van der Waals surface area (Å²) in [6.07, 6.45) is -3.16. The first-order valence-electron chi connectivity index (χ1n) is 5.14. The number of nitrogens with one attached hydrogen (secondary N) is 1. The molecule has 94 valence electrons. The lowest BCUT2D eigenvalue weighted by atomic mass is 10.0. The van der Waals surface area contributed by atoms with Gasteiger partial charge in [-0.2, -0.15) is 8.78 Å². The van der Waals surface area contributed by atoms with E-state index in [1.54, 1.807) is 0 Å². The van der Waals surface area contributed by atoms with Gasteiger partial charge in [0.15, 0.2) is 0 Å². The van der Waals surface area contributed by atoms with E-state index in [0.717, 1.165) is 11.1 Å². The third kappa shape index (κ3) is 2.88. The Bertz CT molecular complexity index is 372. The van der Waals surface area contributed by atoms with Crippen molar-refractivity contribution in [1.82, 2.24) is 5.32 Å². The van der Waals surface area contributed by atoms with Crippen LogP contribution >= 0.6 is 0 Å². The van der Waals surface area contributed by atoms with Crippen LogP contribution in [-0.4, -0.2) is 13.0 Å². The molecule has 17 heavy (non-hydrogen) atoms. The van der Waals surface area contributed by atoms with Gasteiger partial charge in [-0.15, -0.1) is 0 Å². The van der Waals surface area contributed by atoms with Crippen LogP contribution in [0.5, 0.6) is 5.75 Å². The number of rotatable bonds is 4. The molecule has 1 N–H and O–H groups in total. The van der Waals surface area contributed by atoms with Gasteiger partial charge in [-0.1, -0.05) is 6.07 Å². The van der Waals surface area contributed by atoms with Crippen LogP contribution in [0.25, 0.3) is 0 Å². The summed E-state index contributed by atoms with van der Waals surface area (Å²) in [5, 5.41) is 3.02. The molecule has 1 aliphatic rings. The molecule has 0 fully saturated rings. The Morgan fingerprint density at radius 1 is 1.12 bits per heavy atom. The molecule has 0 spiro atoms. The average Bonchev–Trinajstić information content (AvgIpc) is 2.63. The van der Waals surface area contributed by atoms with Gasteiger partial charge in [-0.05, 0) is 17.2 Å². The predicted molar refractivity (Wildman–Crippen MR) is 53.3 cm³/mol. The van der Waals surface area contributed by atoms with Gasteiger partial charge in [-0.25, -0.2) is 8.78 Å². The number of fused-ring (bicyclic) bond motifs is 1. The minimum Gasteiger partial charge on any atom is -0.435 e. The number of halogens is 4. The van der Waals surface area contributed by atoms with Crippen LogP contribution in [0.2, 0.25) is 0 Å². The molecular formula is C11H11F4NO. The third-order valence-electron chi connectivity index (χ3n) is 2.60. The second kappa shape index (κ2) is 4.91. The Morgan fingerprint density at radius 3 is 2.35 bits per heavy atom. The average molecular weight is 249 g/mol. The number of alkyl halides is 4. The Labute approximate surface area is 95.6 Å². The molecule has 2 nitrogen and oxygen atoms in total. The highest BCUT2D eigenvalue weighted by molar-refractivity contribution is 5.44. The predicted octanol–water partition coefficient (Wildman–Crippen LogP) is 2.70. The molecule has 1 aliphatic heterocycles. The smallest absolute Gasteiger partial charge is 0.387 e. The van der Waals surface area contributed by atoms with E-state index >= 15 is 0 Å². The van der Waals surface area contributed by atoms with Gasteiger partial charge < -0.3 is 10.1 Å². The van der Waals surface area contributed by atoms with E-state index in [4.69, 9.17) is 0 Å². The first-order valence-corrected chi connectivity index (χ1v) is 5.14. The molecule has 6 heteroatoms. The van der Waals surface area contributed by atoms with E-state index in [9.17, 15) is 17.6 Å². The maximum absolute atomic E-state index is 12.3. The highest BCUT2D eigenvalue weighted by atomic mass is 19.3. The maximum atomic E-state index is 12.3. The summed E-state index contributed by atoms with van der Waals surface area (Å²) in [6, 6.07) is 2.93. The number of hydrogen-bond donors (Lipinski definition) is 1. The zero-order valence-corrected chi connectivity index (χ0v) is 8.85. The van der Waals surface area contributed by atoms with Crippen molar-refractivity contribution in [3.05, 3.63) is 28.8 Å². The van der Waals surface area contributed by atoms with Crippen LogP contribution in [0.4, 0.5) is 17.6 Å². The fourth-order valence-electron chi connectivity index (χ4n) is 1.91. The first-order chi connectivity index (χ1) is 8.06. The number of ether oxygens (including phenoxy) is 1. The van der Waals surface area contributed by atoms with Crippen molar-refractivity contribution in [3.8, 4) is 5.75 Å². The van der Waals surface area contributed by atoms with E-state index in [1.165, 1.54) is 12.1 Å². The van der Waals surface area contributed by atoms with Crippen LogP contribution in [0.1, 0.15) is 16.7 Å². The van der Waals surface area contributed by atoms with Crippen molar-refractivity contribution in [3.63, 3.8) is 0 Å². The lowest BCUT2D eigenvalue weighted by molar-refractivity contribution is -0.0508. The summed E-state index contributed by atoms with van der Waals surface area (Å²) in [6.45, 7) is -1.89. The van der Waals surface area contributed by atoms with Gasteiger partial charge in [0.2, 0.25) is 6.43 Å². The summed E-state index contributed by atoms with van der Waals surface area (Å²) >= 11 is 0. The van der Waals surface area contributed by atoms with Crippen LogP contribution in [0.15, 0.2) is 12.1 Å². The fourth-order valence-corrected chi connectivity index (χ4v) is 1.91. The van der Waals surface area contributed by atoms with Crippen molar-refractivity contribution < 1.29 is 22.3 Å². The molecule has 1 heterocycles. The second-order valence-corrected chi connectivity index (χ2v) is 3.81. The molecule has 0 atom stereocenters. The molecular weight excluding hydrogens is 238 g/mol. The normalized spacial score (nSPS) is 14.5. The van der Waals surface area contributed by atoms with Gasteiger partial charge in [0, 0.05) is 25.1 Å². The highest BCUT2D eigenvalue weighted by Gasteiger charge is 2.19. The first kappa shape index (κ1) is 12.2. The standard InChI is InChI=1S/C11H11F4NO/c12-10(13)3-6-1-7-4-16-5-8(7)2-9(6)17-11(14)15/h1-2,10-11,16H,3-5H2. The highest BCUT2D eigenvalue weighted by Crippen LogP contribution is 2.29. The summed E-state index contributed by atoms with van der Waals surface area (Å²) in [5.41, 5.74) is 1.81. The Morgan fingerprint density at radius 2 is 1.76 bits per heavy atom. The molecule has 0 saturated heterocycles. The maximum Gasteiger partial charge on any atom is 0.387 e. The SMILES string of the molecule is FC(F)Cc1cc2c(cc1OC(F)F)CNC2. The Hall–Kier alpha value is -1.30. The van der Waals surface area contributed by atoms with Crippen LogP contribution in [-0.2, 0) is 19.5 Å². The monoisotopic (exact) mass is 249 g/mol. The molecule has 1 aromatic rings. The van der Waals surface area contributed by atoms with E-state index in [0.29, 0.717) is 13.1 Å². The molecule has 2 rings (SSSR count). The summed E-state index contributed by atoms with van der Waals surface area (Å²) in [5.74, 6) is -0.150. The Balaban J connectivity index is 2.32. The van der Waals surface area contributed by atoms with E-state index in [-0.39, 0.29) is 11.3 Å². The lowest BCUT2D eigenvalue weighted by Gasteiger charge is -2.12. The van der Waals surface area contributed by atoms with Crippen LogP contribution < -0.4 is 10.1 Å². The van der Waals surface area contributed by atoms with Crippen molar-refractivity contribution in [1.29, 1.82) is 0 Å². The van der Waals surface area contributed by atoms with Crippen LogP contribution in [0.3, 0.4) is 0 Å². The lowest BCUT2D eigenvalue weighted by Crippen LogP contribution is -2.07. The molecule has 0 aliphatic carbocycles. The minimum absolute atomic E-state index is 0.128. The van der Waals surface area contributed by atoms with Gasteiger partial charge >= 0.3 is 6.61 Å². The topological polar surface area (TPSA) is 21.3 Å². The molecule has 0 amide bonds. The molecule has 0 bridgehead atoms. The van der Waals surface area contributed by atoms with Crippen molar-refractivity contribution >= 4 is 0 Å². The summed E-state index contributed by atoms with van der Waals surface area (Å²) in [4.78, 5) is 0. The number of benzene rings is 1. The van der Waals surface area contributed by atoms with Crippen molar-refractivity contribution in [2.45, 2.75) is 32.5 Å². The molecule has 1 aromatic carbocycles. The largest absolute Gasteiger partial charge is 0.435 e. The molecule has 0 unspecified atom stereocenters. The fraction of sp³-hybridized carbons (Fsp3) is 0.455. The van der Waals surface area contributed by atoms with Crippen LogP contribution in [0, 0.1) is 0 Å². The summed E-state index contributed by atoms with van der Waals surface area (Å²) < 4.78 is 53.3. The molecule has 0 radical (unpaired) electrons. The quantitative estimate of drug-likeness (QED) is 0.828. The zero-order valence-electron chi connectivity index (χ0n) is 8.85. The Kier molecular flexibility index (Phi) is 3.51. The van der Waals surface area contributed by atoms with Crippen molar-refractivity contribution in [2.24, 2.45) is 0 Å². The van der Waals surface area contributed by atoms with Crippen molar-refractivity contribution in [2.75, 3.05) is 0 Å². The molecule has 0 saturated carbocycles. The second-order valence-electron chi connectivity index (χ2n) is 3.81. The van der Waals surface area contributed by atoms with E-state index < -0.39 is 19.5 Å². The van der Waals surface area contributed by atoms with E-state index in [2.05, 4.69) is 10.1 Å². The minimum atomic E-state index is -3.00. The number of hydrogen-bond acceptors (Lipinski definition) is 2. The van der Waals surface area contributed by atoms with E-state index in [1.807, 2.05) is 0 Å². The van der Waals surface area contributed by atoms with Gasteiger partial charge in [0.1, 0.15) is 5.75 Å². The molecule has 0 aromatic heterocycles.